The van der Waals surface area contributed by atoms with Crippen LogP contribution in [0.25, 0.3) is 0 Å². The molecule has 0 spiro atoms. The van der Waals surface area contributed by atoms with Crippen LogP contribution in [0.15, 0.2) is 24.1 Å². The van der Waals surface area contributed by atoms with Gasteiger partial charge in [-0.3, -0.25) is 9.68 Å². The van der Waals surface area contributed by atoms with E-state index in [1.54, 1.807) is 19.9 Å². The lowest BCUT2D eigenvalue weighted by atomic mass is 9.87. The van der Waals surface area contributed by atoms with Crippen molar-refractivity contribution < 1.29 is 47.2 Å². The van der Waals surface area contributed by atoms with Crippen LogP contribution in [0.2, 0.25) is 0 Å². The average Bonchev–Trinajstić information content (AvgIpc) is 3.13. The summed E-state index contributed by atoms with van der Waals surface area (Å²) >= 11 is 5.46. The molecule has 0 radical (unpaired) electrons. The maximum atomic E-state index is 15.2. The van der Waals surface area contributed by atoms with E-state index >= 15 is 4.39 Å². The molecule has 2 saturated carbocycles. The number of carbonyl (C=O) groups excluding carboxylic acids is 3. The molecule has 0 aromatic carbocycles. The molecule has 1 aliphatic heterocycles. The molecule has 0 amide bonds. The van der Waals surface area contributed by atoms with Gasteiger partial charge in [0.05, 0.1) is 12.7 Å². The van der Waals surface area contributed by atoms with E-state index in [9.17, 15) is 18.8 Å². The molecule has 0 bridgehead atoms. The van der Waals surface area contributed by atoms with Crippen LogP contribution in [-0.4, -0.2) is 59.7 Å². The first-order valence-electron chi connectivity index (χ1n) is 11.2. The van der Waals surface area contributed by atoms with Crippen molar-refractivity contribution >= 4 is 28.8 Å². The lowest BCUT2D eigenvalue weighted by Gasteiger charge is -2.34. The van der Waals surface area contributed by atoms with Gasteiger partial charge in [0, 0.05) is 17.8 Å². The fourth-order valence-electron chi connectivity index (χ4n) is 5.06. The van der Waals surface area contributed by atoms with Crippen LogP contribution in [-0.2, 0) is 38.4 Å². The number of hydrogen-bond donors (Lipinski definition) is 2. The zero-order chi connectivity index (χ0) is 25.8. The molecule has 4 aliphatic rings. The second kappa shape index (κ2) is 9.16. The topological polar surface area (TPSA) is 149 Å². The average molecular weight is 521 g/mol. The standard InChI is InChI=1S/C22H27ClF2N2O8/c1-10(2)21(26)18(30)34-35-19(21)33-9-32-17(29)22(27)14(7-13-15(22)20(13,25)16(23)28)31-8-11-3-5-12(24)6-4-11/h3,5-6,10-11,13-15,19H,4,7-9,26-27H2,1-2H3/t11-,13+,14+,15-,19+,20+,21-,22-/m0/s1. The van der Waals surface area contributed by atoms with E-state index in [0.29, 0.717) is 6.42 Å². The molecule has 3 aliphatic carbocycles. The summed E-state index contributed by atoms with van der Waals surface area (Å²) in [5.41, 5.74) is 6.25. The number of rotatable bonds is 9. The van der Waals surface area contributed by atoms with Crippen molar-refractivity contribution in [2.24, 2.45) is 35.1 Å². The molecule has 4 N–H and O–H groups in total. The van der Waals surface area contributed by atoms with Gasteiger partial charge in [0.15, 0.2) is 18.0 Å². The van der Waals surface area contributed by atoms with Crippen molar-refractivity contribution in [3.63, 3.8) is 0 Å². The Bertz CT molecular complexity index is 979. The minimum absolute atomic E-state index is 0.0416. The molecule has 3 fully saturated rings. The number of ether oxygens (including phenoxy) is 3. The van der Waals surface area contributed by atoms with Crippen molar-refractivity contribution in [3.8, 4) is 0 Å². The van der Waals surface area contributed by atoms with Crippen LogP contribution in [0.3, 0.4) is 0 Å². The lowest BCUT2D eigenvalue weighted by molar-refractivity contribution is -0.330. The number of allylic oxidation sites excluding steroid dienone is 3. The van der Waals surface area contributed by atoms with Gasteiger partial charge < -0.3 is 25.7 Å². The van der Waals surface area contributed by atoms with E-state index in [0.717, 1.165) is 0 Å². The van der Waals surface area contributed by atoms with E-state index in [1.165, 1.54) is 12.2 Å². The Morgan fingerprint density at radius 2 is 2.03 bits per heavy atom. The Hall–Kier alpha value is -1.96. The summed E-state index contributed by atoms with van der Waals surface area (Å²) in [7, 11) is 0. The van der Waals surface area contributed by atoms with Gasteiger partial charge in [0.2, 0.25) is 6.29 Å². The number of esters is 1. The van der Waals surface area contributed by atoms with Gasteiger partial charge in [0.1, 0.15) is 11.4 Å². The molecule has 8 atom stereocenters. The van der Waals surface area contributed by atoms with Crippen LogP contribution >= 0.6 is 11.6 Å². The van der Waals surface area contributed by atoms with Gasteiger partial charge in [-0.05, 0) is 42.5 Å². The molecule has 194 valence electrons. The number of hydrogen-bond acceptors (Lipinski definition) is 10. The smallest absolute Gasteiger partial charge is 0.367 e. The number of fused-ring (bicyclic) bond motifs is 1. The minimum Gasteiger partial charge on any atom is -0.437 e. The Morgan fingerprint density at radius 3 is 2.63 bits per heavy atom. The van der Waals surface area contributed by atoms with Gasteiger partial charge in [-0.25, -0.2) is 18.4 Å². The lowest BCUT2D eigenvalue weighted by Crippen LogP contribution is -2.61. The maximum Gasteiger partial charge on any atom is 0.367 e. The van der Waals surface area contributed by atoms with E-state index < -0.39 is 70.9 Å². The SMILES string of the molecule is CC(C)[C@]1(N)C(=O)OO[C@H]1OCOC(=O)[C@@]1(N)[C@H]2[C@@H](C[C@H]1OC[C@H]1C=CC(F)=CC1)[C@]2(F)C(=O)Cl. The second-order valence-corrected chi connectivity index (χ2v) is 10.0. The number of carbonyl (C=O) groups is 3. The van der Waals surface area contributed by atoms with Crippen LogP contribution in [0.5, 0.6) is 0 Å². The Labute approximate surface area is 204 Å². The minimum atomic E-state index is -2.48. The van der Waals surface area contributed by atoms with Crippen LogP contribution in [0.1, 0.15) is 26.7 Å². The summed E-state index contributed by atoms with van der Waals surface area (Å²) in [6, 6.07) is 0. The molecule has 1 heterocycles. The number of nitrogens with two attached hydrogens (primary N) is 2. The monoisotopic (exact) mass is 520 g/mol. The van der Waals surface area contributed by atoms with Gasteiger partial charge in [0.25, 0.3) is 5.24 Å². The molecule has 13 heteroatoms. The first kappa shape index (κ1) is 26.1. The normalized spacial score (nSPS) is 42.0. The Kier molecular flexibility index (Phi) is 6.84. The summed E-state index contributed by atoms with van der Waals surface area (Å²) in [6.07, 6.45) is 2.29. The van der Waals surface area contributed by atoms with Crippen molar-refractivity contribution in [2.75, 3.05) is 13.4 Å². The van der Waals surface area contributed by atoms with Crippen molar-refractivity contribution in [2.45, 2.75) is 55.8 Å². The van der Waals surface area contributed by atoms with Crippen LogP contribution in [0, 0.1) is 23.7 Å². The summed E-state index contributed by atoms with van der Waals surface area (Å²) < 4.78 is 44.7. The molecular formula is C22H27ClF2N2O8. The third-order valence-electron chi connectivity index (χ3n) is 7.43. The number of halogens is 3. The second-order valence-electron chi connectivity index (χ2n) is 9.66. The van der Waals surface area contributed by atoms with Gasteiger partial charge in [-0.2, -0.15) is 4.89 Å². The zero-order valence-corrected chi connectivity index (χ0v) is 19.8. The fourth-order valence-corrected chi connectivity index (χ4v) is 5.31. The molecule has 4 rings (SSSR count). The highest BCUT2D eigenvalue weighted by molar-refractivity contribution is 6.66. The third-order valence-corrected chi connectivity index (χ3v) is 7.72. The summed E-state index contributed by atoms with van der Waals surface area (Å²) in [4.78, 5) is 46.1. The molecule has 1 saturated heterocycles. The molecule has 0 aromatic rings. The summed E-state index contributed by atoms with van der Waals surface area (Å²) in [5, 5.41) is -1.25. The number of alkyl halides is 1. The molecule has 10 nitrogen and oxygen atoms in total. The third kappa shape index (κ3) is 4.09. The van der Waals surface area contributed by atoms with E-state index in [1.807, 2.05) is 0 Å². The predicted molar refractivity (Wildman–Crippen MR) is 114 cm³/mol. The largest absolute Gasteiger partial charge is 0.437 e. The Balaban J connectivity index is 1.42. The first-order valence-corrected chi connectivity index (χ1v) is 11.5. The van der Waals surface area contributed by atoms with Crippen molar-refractivity contribution in [1.29, 1.82) is 0 Å². The highest BCUT2D eigenvalue weighted by atomic mass is 35.5. The molecule has 0 unspecified atom stereocenters. The van der Waals surface area contributed by atoms with E-state index in [4.69, 9.17) is 42.2 Å². The summed E-state index contributed by atoms with van der Waals surface area (Å²) in [6.45, 7) is 2.63. The van der Waals surface area contributed by atoms with Crippen molar-refractivity contribution in [1.82, 2.24) is 0 Å². The quantitative estimate of drug-likeness (QED) is 0.197. The van der Waals surface area contributed by atoms with Crippen molar-refractivity contribution in [3.05, 3.63) is 24.1 Å². The van der Waals surface area contributed by atoms with Gasteiger partial charge >= 0.3 is 11.9 Å². The first-order chi connectivity index (χ1) is 16.4. The summed E-state index contributed by atoms with van der Waals surface area (Å²) in [5.74, 6) is -5.09. The molecule has 35 heavy (non-hydrogen) atoms. The van der Waals surface area contributed by atoms with Crippen LogP contribution < -0.4 is 11.5 Å². The molecular weight excluding hydrogens is 494 g/mol. The van der Waals surface area contributed by atoms with Crippen LogP contribution in [0.4, 0.5) is 8.78 Å². The van der Waals surface area contributed by atoms with Gasteiger partial charge in [-0.15, -0.1) is 0 Å². The van der Waals surface area contributed by atoms with E-state index in [2.05, 4.69) is 4.89 Å². The maximum absolute atomic E-state index is 15.2. The Morgan fingerprint density at radius 1 is 1.31 bits per heavy atom. The highest BCUT2D eigenvalue weighted by Crippen LogP contribution is 2.68. The van der Waals surface area contributed by atoms with E-state index in [-0.39, 0.29) is 24.8 Å². The van der Waals surface area contributed by atoms with Gasteiger partial charge in [-0.1, -0.05) is 19.9 Å². The highest BCUT2D eigenvalue weighted by Gasteiger charge is 2.84. The molecule has 0 aromatic heterocycles. The fraction of sp³-hybridized carbons (Fsp3) is 0.682. The zero-order valence-electron chi connectivity index (χ0n) is 19.1. The predicted octanol–water partition coefficient (Wildman–Crippen LogP) is 1.31.